The highest BCUT2D eigenvalue weighted by molar-refractivity contribution is 7.81. The summed E-state index contributed by atoms with van der Waals surface area (Å²) in [6.45, 7) is 3.95. The third-order valence-corrected chi connectivity index (χ3v) is 2.66. The summed E-state index contributed by atoms with van der Waals surface area (Å²) in [7, 11) is 0. The molecule has 0 fully saturated rings. The minimum Gasteiger partial charge on any atom is -0.368 e. The van der Waals surface area contributed by atoms with Gasteiger partial charge in [-0.05, 0) is 31.0 Å². The standard InChI is InChI=1S/C12H19NO2S/c1-3-4-12(14)15-9(2)10-5-7-11(13-16)8-6-10/h5-9,12-14,16H,3-4H2,1-2H3. The first-order chi connectivity index (χ1) is 7.67. The van der Waals surface area contributed by atoms with Gasteiger partial charge in [-0.25, -0.2) is 0 Å². The summed E-state index contributed by atoms with van der Waals surface area (Å²) in [5.41, 5.74) is 1.98. The maximum absolute atomic E-state index is 9.53. The molecule has 0 saturated heterocycles. The molecule has 1 aromatic carbocycles. The Labute approximate surface area is 102 Å². The Hall–Kier alpha value is -0.710. The highest BCUT2D eigenvalue weighted by Crippen LogP contribution is 2.21. The van der Waals surface area contributed by atoms with Gasteiger partial charge in [-0.2, -0.15) is 0 Å². The van der Waals surface area contributed by atoms with Crippen LogP contribution >= 0.6 is 12.8 Å². The Morgan fingerprint density at radius 2 is 2.00 bits per heavy atom. The number of nitrogens with one attached hydrogen (secondary N) is 1. The van der Waals surface area contributed by atoms with E-state index in [0.717, 1.165) is 17.7 Å². The molecule has 0 aromatic heterocycles. The van der Waals surface area contributed by atoms with E-state index in [1.54, 1.807) is 0 Å². The third-order valence-electron chi connectivity index (χ3n) is 2.41. The lowest BCUT2D eigenvalue weighted by atomic mass is 10.1. The molecular weight excluding hydrogens is 222 g/mol. The molecule has 4 heteroatoms. The second-order valence-corrected chi connectivity index (χ2v) is 3.98. The molecule has 0 heterocycles. The van der Waals surface area contributed by atoms with Crippen LogP contribution in [0.4, 0.5) is 5.69 Å². The monoisotopic (exact) mass is 241 g/mol. The van der Waals surface area contributed by atoms with E-state index in [4.69, 9.17) is 4.74 Å². The van der Waals surface area contributed by atoms with Gasteiger partial charge in [0.2, 0.25) is 0 Å². The molecule has 2 unspecified atom stereocenters. The van der Waals surface area contributed by atoms with Crippen molar-refractivity contribution in [3.63, 3.8) is 0 Å². The maximum atomic E-state index is 9.53. The Morgan fingerprint density at radius 3 is 2.50 bits per heavy atom. The van der Waals surface area contributed by atoms with Crippen molar-refractivity contribution in [1.82, 2.24) is 0 Å². The van der Waals surface area contributed by atoms with Gasteiger partial charge < -0.3 is 14.6 Å². The van der Waals surface area contributed by atoms with Crippen molar-refractivity contribution in [2.75, 3.05) is 4.72 Å². The van der Waals surface area contributed by atoms with Crippen LogP contribution in [0.3, 0.4) is 0 Å². The van der Waals surface area contributed by atoms with Gasteiger partial charge in [0.05, 0.1) is 6.10 Å². The molecule has 1 rings (SSSR count). The van der Waals surface area contributed by atoms with E-state index >= 15 is 0 Å². The van der Waals surface area contributed by atoms with Crippen LogP contribution in [0.1, 0.15) is 38.4 Å². The summed E-state index contributed by atoms with van der Waals surface area (Å²) >= 11 is 3.96. The lowest BCUT2D eigenvalue weighted by Crippen LogP contribution is -2.14. The van der Waals surface area contributed by atoms with Crippen molar-refractivity contribution < 1.29 is 9.84 Å². The average molecular weight is 241 g/mol. The molecule has 0 radical (unpaired) electrons. The Kier molecular flexibility index (Phi) is 5.66. The van der Waals surface area contributed by atoms with Gasteiger partial charge in [-0.1, -0.05) is 38.3 Å². The van der Waals surface area contributed by atoms with Crippen LogP contribution in [0.5, 0.6) is 0 Å². The highest BCUT2D eigenvalue weighted by Gasteiger charge is 2.10. The summed E-state index contributed by atoms with van der Waals surface area (Å²) in [6.07, 6.45) is 0.801. The average Bonchev–Trinajstić information content (AvgIpc) is 2.29. The zero-order valence-electron chi connectivity index (χ0n) is 9.68. The predicted octanol–water partition coefficient (Wildman–Crippen LogP) is 3.14. The van der Waals surface area contributed by atoms with Gasteiger partial charge in [0.1, 0.15) is 0 Å². The first kappa shape index (κ1) is 13.4. The zero-order valence-corrected chi connectivity index (χ0v) is 10.6. The number of benzene rings is 1. The van der Waals surface area contributed by atoms with E-state index in [9.17, 15) is 5.11 Å². The fourth-order valence-corrected chi connectivity index (χ4v) is 1.61. The number of anilines is 1. The SMILES string of the molecule is CCCC(O)OC(C)c1ccc(NS)cc1. The van der Waals surface area contributed by atoms with E-state index in [2.05, 4.69) is 17.5 Å². The molecule has 90 valence electrons. The Bertz CT molecular complexity index is 302. The van der Waals surface area contributed by atoms with E-state index in [0.29, 0.717) is 6.42 Å². The molecule has 0 aliphatic carbocycles. The van der Waals surface area contributed by atoms with Crippen molar-refractivity contribution in [2.24, 2.45) is 0 Å². The Morgan fingerprint density at radius 1 is 1.38 bits per heavy atom. The van der Waals surface area contributed by atoms with Crippen molar-refractivity contribution in [3.05, 3.63) is 29.8 Å². The number of aliphatic hydroxyl groups excluding tert-OH is 1. The number of ether oxygens (including phenoxy) is 1. The largest absolute Gasteiger partial charge is 0.368 e. The molecule has 0 aliphatic rings. The summed E-state index contributed by atoms with van der Waals surface area (Å²) < 4.78 is 8.22. The van der Waals surface area contributed by atoms with E-state index in [-0.39, 0.29) is 6.10 Å². The highest BCUT2D eigenvalue weighted by atomic mass is 32.1. The topological polar surface area (TPSA) is 41.5 Å². The van der Waals surface area contributed by atoms with E-state index in [1.165, 1.54) is 0 Å². The minimum absolute atomic E-state index is 0.101. The smallest absolute Gasteiger partial charge is 0.155 e. The van der Waals surface area contributed by atoms with Crippen LogP contribution in [-0.2, 0) is 4.74 Å². The molecule has 0 aliphatic heterocycles. The fraction of sp³-hybridized carbons (Fsp3) is 0.500. The summed E-state index contributed by atoms with van der Waals surface area (Å²) in [6, 6.07) is 7.77. The van der Waals surface area contributed by atoms with Crippen LogP contribution in [-0.4, -0.2) is 11.4 Å². The predicted molar refractivity (Wildman–Crippen MR) is 69.5 cm³/mol. The molecule has 2 N–H and O–H groups in total. The van der Waals surface area contributed by atoms with Crippen LogP contribution < -0.4 is 4.72 Å². The molecule has 0 bridgehead atoms. The van der Waals surface area contributed by atoms with Gasteiger partial charge >= 0.3 is 0 Å². The maximum Gasteiger partial charge on any atom is 0.155 e. The molecule has 3 nitrogen and oxygen atoms in total. The van der Waals surface area contributed by atoms with Crippen molar-refractivity contribution in [3.8, 4) is 0 Å². The molecule has 0 amide bonds. The van der Waals surface area contributed by atoms with Gasteiger partial charge in [-0.3, -0.25) is 0 Å². The molecule has 1 aromatic rings. The van der Waals surface area contributed by atoms with Crippen LogP contribution in [0.25, 0.3) is 0 Å². The van der Waals surface area contributed by atoms with Crippen LogP contribution in [0.15, 0.2) is 24.3 Å². The van der Waals surface area contributed by atoms with Crippen LogP contribution in [0.2, 0.25) is 0 Å². The molecule has 0 saturated carbocycles. The molecule has 16 heavy (non-hydrogen) atoms. The number of aliphatic hydroxyl groups is 1. The van der Waals surface area contributed by atoms with E-state index < -0.39 is 6.29 Å². The first-order valence-corrected chi connectivity index (χ1v) is 5.95. The van der Waals surface area contributed by atoms with Crippen molar-refractivity contribution in [2.45, 2.75) is 39.1 Å². The van der Waals surface area contributed by atoms with Gasteiger partial charge in [0.15, 0.2) is 6.29 Å². The van der Waals surface area contributed by atoms with Gasteiger partial charge in [0.25, 0.3) is 0 Å². The molecular formula is C12H19NO2S. The minimum atomic E-state index is -0.678. The lowest BCUT2D eigenvalue weighted by molar-refractivity contribution is -0.135. The zero-order chi connectivity index (χ0) is 12.0. The number of thiol groups is 1. The van der Waals surface area contributed by atoms with Crippen LogP contribution in [0, 0.1) is 0 Å². The summed E-state index contributed by atoms with van der Waals surface area (Å²) in [5.74, 6) is 0. The molecule has 2 atom stereocenters. The van der Waals surface area contributed by atoms with Crippen molar-refractivity contribution in [1.29, 1.82) is 0 Å². The number of hydrogen-bond acceptors (Lipinski definition) is 4. The quantitative estimate of drug-likeness (QED) is 0.529. The fourth-order valence-electron chi connectivity index (χ4n) is 1.46. The normalized spacial score (nSPS) is 14.5. The lowest BCUT2D eigenvalue weighted by Gasteiger charge is -2.18. The third kappa shape index (κ3) is 4.04. The Balaban J connectivity index is 2.55. The number of hydrogen-bond donors (Lipinski definition) is 3. The summed E-state index contributed by atoms with van der Waals surface area (Å²) in [4.78, 5) is 0. The number of rotatable bonds is 6. The van der Waals surface area contributed by atoms with Gasteiger partial charge in [0, 0.05) is 5.69 Å². The first-order valence-electron chi connectivity index (χ1n) is 5.51. The van der Waals surface area contributed by atoms with Crippen molar-refractivity contribution >= 4 is 18.5 Å². The summed E-state index contributed by atoms with van der Waals surface area (Å²) in [5, 5.41) is 9.53. The van der Waals surface area contributed by atoms with E-state index in [1.807, 2.05) is 38.1 Å². The van der Waals surface area contributed by atoms with Gasteiger partial charge in [-0.15, -0.1) is 0 Å². The molecule has 0 spiro atoms. The second-order valence-electron chi connectivity index (χ2n) is 3.76. The second kappa shape index (κ2) is 6.78.